The van der Waals surface area contributed by atoms with Crippen LogP contribution in [0.2, 0.25) is 0 Å². The largest absolute Gasteiger partial charge is 0.276 e. The Morgan fingerprint density at radius 1 is 0.810 bits per heavy atom. The molecule has 0 saturated heterocycles. The minimum atomic E-state index is 0.0409. The summed E-state index contributed by atoms with van der Waals surface area (Å²) in [5.41, 5.74) is 6.21. The van der Waals surface area contributed by atoms with Crippen molar-refractivity contribution in [3.8, 4) is 0 Å². The zero-order chi connectivity index (χ0) is 14.7. The molecular weight excluding hydrogens is 254 g/mol. The van der Waals surface area contributed by atoms with Crippen LogP contribution >= 0.6 is 0 Å². The number of benzene rings is 2. The van der Waals surface area contributed by atoms with E-state index in [0.717, 1.165) is 13.0 Å². The Morgan fingerprint density at radius 3 is 1.71 bits per heavy atom. The van der Waals surface area contributed by atoms with Gasteiger partial charge in [0, 0.05) is 6.54 Å². The number of hydrogen-bond acceptors (Lipinski definition) is 1. The van der Waals surface area contributed by atoms with Crippen molar-refractivity contribution < 1.29 is 0 Å². The molecule has 0 N–H and O–H groups in total. The van der Waals surface area contributed by atoms with E-state index in [9.17, 15) is 0 Å². The Kier molecular flexibility index (Phi) is 2.62. The molecule has 0 radical (unpaired) electrons. The molecule has 0 fully saturated rings. The van der Waals surface area contributed by atoms with Gasteiger partial charge in [-0.2, -0.15) is 0 Å². The topological polar surface area (TPSA) is 3.24 Å². The van der Waals surface area contributed by atoms with E-state index in [0.29, 0.717) is 0 Å². The maximum Gasteiger partial charge on any atom is 0.0729 e. The molecule has 0 saturated carbocycles. The average molecular weight is 277 g/mol. The van der Waals surface area contributed by atoms with Gasteiger partial charge in [-0.1, -0.05) is 62.4 Å². The van der Waals surface area contributed by atoms with Crippen LogP contribution < -0.4 is 0 Å². The van der Waals surface area contributed by atoms with Gasteiger partial charge >= 0.3 is 0 Å². The fraction of sp³-hybridized carbons (Fsp3) is 0.400. The minimum Gasteiger partial charge on any atom is -0.276 e. The third-order valence-corrected chi connectivity index (χ3v) is 5.75. The normalized spacial score (nSPS) is 29.5. The Bertz CT molecular complexity index is 653. The fourth-order valence-electron chi connectivity index (χ4n) is 5.00. The van der Waals surface area contributed by atoms with Gasteiger partial charge in [-0.05, 0) is 42.0 Å². The maximum absolute atomic E-state index is 2.76. The van der Waals surface area contributed by atoms with Gasteiger partial charge in [-0.3, -0.25) is 4.90 Å². The SMILES string of the molecule is CCCN1C2(C)c3ccccc3C1(CC)c1ccccc12. The van der Waals surface area contributed by atoms with E-state index in [1.54, 1.807) is 0 Å². The second-order valence-electron chi connectivity index (χ2n) is 6.53. The predicted octanol–water partition coefficient (Wildman–Crippen LogP) is 4.64. The number of rotatable bonds is 3. The molecule has 1 nitrogen and oxygen atoms in total. The molecule has 21 heavy (non-hydrogen) atoms. The van der Waals surface area contributed by atoms with Crippen molar-refractivity contribution in [3.05, 3.63) is 70.8 Å². The van der Waals surface area contributed by atoms with E-state index in [1.165, 1.54) is 28.7 Å². The van der Waals surface area contributed by atoms with Gasteiger partial charge in [0.1, 0.15) is 0 Å². The smallest absolute Gasteiger partial charge is 0.0729 e. The molecule has 2 bridgehead atoms. The molecule has 2 heterocycles. The molecule has 4 rings (SSSR count). The van der Waals surface area contributed by atoms with Crippen LogP contribution in [-0.2, 0) is 11.1 Å². The van der Waals surface area contributed by atoms with Crippen molar-refractivity contribution in [2.24, 2.45) is 0 Å². The Labute approximate surface area is 127 Å². The molecule has 0 amide bonds. The van der Waals surface area contributed by atoms with Gasteiger partial charge < -0.3 is 0 Å². The van der Waals surface area contributed by atoms with Crippen LogP contribution in [0.25, 0.3) is 0 Å². The summed E-state index contributed by atoms with van der Waals surface area (Å²) in [4.78, 5) is 2.76. The number of hydrogen-bond donors (Lipinski definition) is 0. The first-order valence-electron chi connectivity index (χ1n) is 8.19. The highest BCUT2D eigenvalue weighted by Crippen LogP contribution is 2.64. The summed E-state index contributed by atoms with van der Waals surface area (Å²) in [5, 5.41) is 0. The molecule has 0 unspecified atom stereocenters. The second kappa shape index (κ2) is 4.20. The second-order valence-corrected chi connectivity index (χ2v) is 6.53. The molecule has 108 valence electrons. The molecule has 0 aromatic heterocycles. The molecule has 2 aromatic carbocycles. The molecule has 2 aromatic rings. The summed E-state index contributed by atoms with van der Waals surface area (Å²) >= 11 is 0. The summed E-state index contributed by atoms with van der Waals surface area (Å²) in [5.74, 6) is 0. The van der Waals surface area contributed by atoms with Gasteiger partial charge in [0.2, 0.25) is 0 Å². The van der Waals surface area contributed by atoms with E-state index in [1.807, 2.05) is 0 Å². The first kappa shape index (κ1) is 13.1. The van der Waals surface area contributed by atoms with Crippen LogP contribution in [0.15, 0.2) is 48.5 Å². The highest BCUT2D eigenvalue weighted by molar-refractivity contribution is 5.64. The third-order valence-electron chi connectivity index (χ3n) is 5.75. The molecule has 2 aliphatic heterocycles. The Balaban J connectivity index is 2.10. The molecule has 2 aliphatic rings. The van der Waals surface area contributed by atoms with Crippen molar-refractivity contribution in [3.63, 3.8) is 0 Å². The molecule has 0 aliphatic carbocycles. The lowest BCUT2D eigenvalue weighted by Gasteiger charge is -2.38. The Morgan fingerprint density at radius 2 is 1.29 bits per heavy atom. The van der Waals surface area contributed by atoms with Gasteiger partial charge in [0.15, 0.2) is 0 Å². The van der Waals surface area contributed by atoms with E-state index in [-0.39, 0.29) is 11.1 Å². The van der Waals surface area contributed by atoms with Crippen LogP contribution in [0.1, 0.15) is 55.9 Å². The van der Waals surface area contributed by atoms with Gasteiger partial charge in [0.25, 0.3) is 0 Å². The highest BCUT2D eigenvalue weighted by atomic mass is 15.3. The summed E-state index contributed by atoms with van der Waals surface area (Å²) in [7, 11) is 0. The van der Waals surface area contributed by atoms with Crippen molar-refractivity contribution >= 4 is 0 Å². The Hall–Kier alpha value is -1.60. The van der Waals surface area contributed by atoms with Crippen LogP contribution in [0.3, 0.4) is 0 Å². The van der Waals surface area contributed by atoms with Crippen molar-refractivity contribution in [2.75, 3.05) is 6.54 Å². The average Bonchev–Trinajstić information content (AvgIpc) is 2.89. The summed E-state index contributed by atoms with van der Waals surface area (Å²) < 4.78 is 0. The van der Waals surface area contributed by atoms with Gasteiger partial charge in [0.05, 0.1) is 11.1 Å². The zero-order valence-electron chi connectivity index (χ0n) is 13.2. The highest BCUT2D eigenvalue weighted by Gasteiger charge is 2.62. The summed E-state index contributed by atoms with van der Waals surface area (Å²) in [6.07, 6.45) is 2.33. The first-order valence-corrected chi connectivity index (χ1v) is 8.19. The van der Waals surface area contributed by atoms with Crippen molar-refractivity contribution in [2.45, 2.75) is 44.7 Å². The molecule has 0 spiro atoms. The lowest BCUT2D eigenvalue weighted by Crippen LogP contribution is -2.44. The van der Waals surface area contributed by atoms with Crippen molar-refractivity contribution in [1.29, 1.82) is 0 Å². The third kappa shape index (κ3) is 1.27. The lowest BCUT2D eigenvalue weighted by molar-refractivity contribution is 0.0827. The first-order chi connectivity index (χ1) is 10.2. The van der Waals surface area contributed by atoms with E-state index >= 15 is 0 Å². The van der Waals surface area contributed by atoms with Crippen molar-refractivity contribution in [1.82, 2.24) is 4.90 Å². The van der Waals surface area contributed by atoms with E-state index in [4.69, 9.17) is 0 Å². The monoisotopic (exact) mass is 277 g/mol. The maximum atomic E-state index is 2.76. The van der Waals surface area contributed by atoms with E-state index < -0.39 is 0 Å². The number of nitrogens with zero attached hydrogens (tertiary/aromatic N) is 1. The van der Waals surface area contributed by atoms with Gasteiger partial charge in [-0.15, -0.1) is 0 Å². The summed E-state index contributed by atoms with van der Waals surface area (Å²) in [6.45, 7) is 8.20. The molecule has 1 heteroatoms. The quantitative estimate of drug-likeness (QED) is 0.790. The molecular formula is C20H23N. The van der Waals surface area contributed by atoms with Crippen LogP contribution in [0.5, 0.6) is 0 Å². The van der Waals surface area contributed by atoms with Crippen LogP contribution in [-0.4, -0.2) is 11.4 Å². The standard InChI is InChI=1S/C20H23N/c1-4-14-21-19(3)15-10-6-8-12-17(15)20(21,5-2)18-13-9-7-11-16(18)19/h6-13H,4-5,14H2,1-3H3. The van der Waals surface area contributed by atoms with Gasteiger partial charge in [-0.25, -0.2) is 0 Å². The minimum absolute atomic E-state index is 0.0409. The zero-order valence-corrected chi connectivity index (χ0v) is 13.2. The lowest BCUT2D eigenvalue weighted by atomic mass is 9.72. The number of fused-ring (bicyclic) bond motifs is 8. The molecule has 0 atom stereocenters. The van der Waals surface area contributed by atoms with E-state index in [2.05, 4.69) is 74.2 Å². The predicted molar refractivity (Wildman–Crippen MR) is 87.4 cm³/mol. The summed E-state index contributed by atoms with van der Waals surface area (Å²) in [6, 6.07) is 18.2. The van der Waals surface area contributed by atoms with Crippen LogP contribution in [0, 0.1) is 0 Å². The fourth-order valence-corrected chi connectivity index (χ4v) is 5.00. The van der Waals surface area contributed by atoms with Crippen LogP contribution in [0.4, 0.5) is 0 Å².